The maximum absolute atomic E-state index is 6.06. The highest BCUT2D eigenvalue weighted by Gasteiger charge is 2.11. The van der Waals surface area contributed by atoms with Crippen molar-refractivity contribution in [1.29, 1.82) is 0 Å². The molecular weight excluding hydrogens is 266 g/mol. The van der Waals surface area contributed by atoms with Gasteiger partial charge in [-0.2, -0.15) is 11.8 Å². The van der Waals surface area contributed by atoms with E-state index in [0.717, 1.165) is 24.7 Å². The Morgan fingerprint density at radius 3 is 2.94 bits per heavy atom. The zero-order valence-corrected chi connectivity index (χ0v) is 12.7. The fourth-order valence-electron chi connectivity index (χ4n) is 1.86. The molecule has 102 valence electrons. The molecule has 2 nitrogen and oxygen atoms in total. The molecule has 0 aliphatic rings. The number of hydrogen-bond acceptors (Lipinski definition) is 3. The Labute approximate surface area is 119 Å². The van der Waals surface area contributed by atoms with Crippen molar-refractivity contribution in [2.75, 3.05) is 38.8 Å². The van der Waals surface area contributed by atoms with Crippen LogP contribution >= 0.6 is 23.4 Å². The average molecular weight is 288 g/mol. The first-order valence-electron chi connectivity index (χ1n) is 6.22. The third-order valence-corrected chi connectivity index (χ3v) is 3.74. The average Bonchev–Trinajstić information content (AvgIpc) is 2.38. The molecule has 0 bridgehead atoms. The van der Waals surface area contributed by atoms with Crippen molar-refractivity contribution in [3.8, 4) is 0 Å². The molecule has 4 heteroatoms. The smallest absolute Gasteiger partial charge is 0.0587 e. The van der Waals surface area contributed by atoms with Gasteiger partial charge in [0.1, 0.15) is 0 Å². The van der Waals surface area contributed by atoms with Crippen LogP contribution in [-0.2, 0) is 4.74 Å². The van der Waals surface area contributed by atoms with E-state index in [2.05, 4.69) is 23.7 Å². The van der Waals surface area contributed by atoms with Crippen LogP contribution in [0.5, 0.6) is 0 Å². The molecule has 0 saturated heterocycles. The van der Waals surface area contributed by atoms with Gasteiger partial charge in [0.25, 0.3) is 0 Å². The molecular formula is C14H22ClNOS. The first-order chi connectivity index (χ1) is 8.77. The van der Waals surface area contributed by atoms with Gasteiger partial charge >= 0.3 is 0 Å². The Kier molecular flexibility index (Phi) is 8.51. The number of methoxy groups -OCH3 is 1. The summed E-state index contributed by atoms with van der Waals surface area (Å²) in [5.41, 5.74) is 1.32. The predicted molar refractivity (Wildman–Crippen MR) is 81.9 cm³/mol. The Morgan fingerprint density at radius 1 is 1.44 bits per heavy atom. The first kappa shape index (κ1) is 15.8. The van der Waals surface area contributed by atoms with Crippen LogP contribution in [0.3, 0.4) is 0 Å². The number of halogens is 1. The summed E-state index contributed by atoms with van der Waals surface area (Å²) in [5.74, 6) is 1.69. The van der Waals surface area contributed by atoms with E-state index in [1.165, 1.54) is 17.7 Å². The van der Waals surface area contributed by atoms with Gasteiger partial charge in [0.2, 0.25) is 0 Å². The van der Waals surface area contributed by atoms with Gasteiger partial charge in [-0.1, -0.05) is 23.7 Å². The van der Waals surface area contributed by atoms with E-state index in [1.807, 2.05) is 23.9 Å². The summed E-state index contributed by atoms with van der Waals surface area (Å²) < 4.78 is 5.04. The number of thioether (sulfide) groups is 1. The zero-order chi connectivity index (χ0) is 13.2. The minimum Gasteiger partial charge on any atom is -0.383 e. The van der Waals surface area contributed by atoms with Crippen LogP contribution in [0, 0.1) is 0 Å². The summed E-state index contributed by atoms with van der Waals surface area (Å²) >= 11 is 7.95. The fourth-order valence-corrected chi connectivity index (χ4v) is 2.58. The van der Waals surface area contributed by atoms with Crippen molar-refractivity contribution >= 4 is 23.4 Å². The van der Waals surface area contributed by atoms with Crippen LogP contribution in [-0.4, -0.2) is 38.8 Å². The number of hydrogen-bond donors (Lipinski definition) is 1. The molecule has 1 N–H and O–H groups in total. The van der Waals surface area contributed by atoms with E-state index in [1.54, 1.807) is 7.11 Å². The number of nitrogens with one attached hydrogen (secondary N) is 1. The van der Waals surface area contributed by atoms with Crippen molar-refractivity contribution in [2.24, 2.45) is 0 Å². The van der Waals surface area contributed by atoms with E-state index in [4.69, 9.17) is 16.3 Å². The van der Waals surface area contributed by atoms with E-state index in [9.17, 15) is 0 Å². The third kappa shape index (κ3) is 6.10. The molecule has 0 radical (unpaired) electrons. The second-order valence-corrected chi connectivity index (χ2v) is 5.65. The van der Waals surface area contributed by atoms with Gasteiger partial charge in [0, 0.05) is 25.2 Å². The second kappa shape index (κ2) is 9.68. The molecule has 0 aromatic heterocycles. The molecule has 1 aromatic carbocycles. The first-order valence-corrected chi connectivity index (χ1v) is 7.99. The summed E-state index contributed by atoms with van der Waals surface area (Å²) in [7, 11) is 1.73. The van der Waals surface area contributed by atoms with Gasteiger partial charge in [-0.3, -0.25) is 0 Å². The Bertz CT molecular complexity index is 335. The highest BCUT2D eigenvalue weighted by Crippen LogP contribution is 2.23. The highest BCUT2D eigenvalue weighted by atomic mass is 35.5. The molecule has 0 aliphatic heterocycles. The van der Waals surface area contributed by atoms with Gasteiger partial charge in [0.15, 0.2) is 0 Å². The number of rotatable bonds is 9. The highest BCUT2D eigenvalue weighted by molar-refractivity contribution is 7.98. The Hall–Kier alpha value is -0.220. The molecule has 0 spiro atoms. The third-order valence-electron chi connectivity index (χ3n) is 2.86. The second-order valence-electron chi connectivity index (χ2n) is 4.23. The molecule has 0 fully saturated rings. The molecule has 0 heterocycles. The van der Waals surface area contributed by atoms with Crippen LogP contribution in [0.15, 0.2) is 24.3 Å². The minimum absolute atomic E-state index is 0.521. The molecule has 1 aromatic rings. The standard InChI is InChI=1S/C14H22ClNOS/c1-17-8-7-16-11-13(6-9-18-2)12-4-3-5-14(15)10-12/h3-5,10,13,16H,6-9,11H2,1-2H3. The lowest BCUT2D eigenvalue weighted by Gasteiger charge is -2.18. The van der Waals surface area contributed by atoms with Crippen molar-refractivity contribution in [1.82, 2.24) is 5.32 Å². The number of ether oxygens (including phenoxy) is 1. The molecule has 1 unspecified atom stereocenters. The SMILES string of the molecule is COCCNCC(CCSC)c1cccc(Cl)c1. The molecule has 0 saturated carbocycles. The molecule has 18 heavy (non-hydrogen) atoms. The summed E-state index contributed by atoms with van der Waals surface area (Å²) in [6, 6.07) is 8.19. The van der Waals surface area contributed by atoms with Crippen LogP contribution < -0.4 is 5.32 Å². The van der Waals surface area contributed by atoms with E-state index in [-0.39, 0.29) is 0 Å². The van der Waals surface area contributed by atoms with Crippen LogP contribution in [0.25, 0.3) is 0 Å². The predicted octanol–water partition coefficient (Wildman–Crippen LogP) is 3.41. The van der Waals surface area contributed by atoms with Crippen LogP contribution in [0.1, 0.15) is 17.9 Å². The van der Waals surface area contributed by atoms with Gasteiger partial charge < -0.3 is 10.1 Å². The maximum atomic E-state index is 6.06. The number of benzene rings is 1. The quantitative estimate of drug-likeness (QED) is 0.703. The zero-order valence-electron chi connectivity index (χ0n) is 11.1. The summed E-state index contributed by atoms with van der Waals surface area (Å²) in [6.45, 7) is 2.63. The lowest BCUT2D eigenvalue weighted by molar-refractivity contribution is 0.199. The maximum Gasteiger partial charge on any atom is 0.0587 e. The fraction of sp³-hybridized carbons (Fsp3) is 0.571. The van der Waals surface area contributed by atoms with Gasteiger partial charge in [-0.25, -0.2) is 0 Å². The minimum atomic E-state index is 0.521. The van der Waals surface area contributed by atoms with Crippen molar-refractivity contribution in [3.63, 3.8) is 0 Å². The van der Waals surface area contributed by atoms with Crippen LogP contribution in [0.4, 0.5) is 0 Å². The van der Waals surface area contributed by atoms with E-state index < -0.39 is 0 Å². The van der Waals surface area contributed by atoms with Gasteiger partial charge in [0.05, 0.1) is 6.61 Å². The Morgan fingerprint density at radius 2 is 2.28 bits per heavy atom. The summed E-state index contributed by atoms with van der Waals surface area (Å²) in [6.07, 6.45) is 3.31. The largest absolute Gasteiger partial charge is 0.383 e. The molecule has 1 rings (SSSR count). The molecule has 1 atom stereocenters. The van der Waals surface area contributed by atoms with Gasteiger partial charge in [-0.05, 0) is 42.0 Å². The monoisotopic (exact) mass is 287 g/mol. The van der Waals surface area contributed by atoms with Crippen molar-refractivity contribution in [2.45, 2.75) is 12.3 Å². The summed E-state index contributed by atoms with van der Waals surface area (Å²) in [4.78, 5) is 0. The topological polar surface area (TPSA) is 21.3 Å². The molecule has 0 amide bonds. The normalized spacial score (nSPS) is 12.6. The lowest BCUT2D eigenvalue weighted by Crippen LogP contribution is -2.25. The van der Waals surface area contributed by atoms with E-state index >= 15 is 0 Å². The van der Waals surface area contributed by atoms with Crippen LogP contribution in [0.2, 0.25) is 5.02 Å². The van der Waals surface area contributed by atoms with Gasteiger partial charge in [-0.15, -0.1) is 0 Å². The van der Waals surface area contributed by atoms with Crippen molar-refractivity contribution < 1.29 is 4.74 Å². The molecule has 0 aliphatic carbocycles. The van der Waals surface area contributed by atoms with Crippen molar-refractivity contribution in [3.05, 3.63) is 34.9 Å². The van der Waals surface area contributed by atoms with E-state index in [0.29, 0.717) is 5.92 Å². The summed E-state index contributed by atoms with van der Waals surface area (Å²) in [5, 5.41) is 4.25. The Balaban J connectivity index is 2.54. The lowest BCUT2D eigenvalue weighted by atomic mass is 9.96.